The maximum atomic E-state index is 12.9. The van der Waals surface area contributed by atoms with Crippen molar-refractivity contribution in [1.82, 2.24) is 31.9 Å². The lowest BCUT2D eigenvalue weighted by Crippen LogP contribution is -2.58. The molecular formula is C42H70N6O17. The Kier molecular flexibility index (Phi) is 32.5. The van der Waals surface area contributed by atoms with Crippen molar-refractivity contribution >= 4 is 65.1 Å². The number of carboxylic acids is 4. The zero-order valence-corrected chi connectivity index (χ0v) is 37.2. The Hall–Kier alpha value is -5.71. The first-order chi connectivity index (χ1) is 30.8. The zero-order valence-electron chi connectivity index (χ0n) is 37.2. The second-order valence-corrected chi connectivity index (χ2v) is 15.8. The van der Waals surface area contributed by atoms with Crippen molar-refractivity contribution in [3.05, 3.63) is 0 Å². The van der Waals surface area contributed by atoms with Crippen LogP contribution in [0.4, 0.5) is 0 Å². The topological polar surface area (TPSA) is 381 Å². The molecule has 0 bridgehead atoms. The average Bonchev–Trinajstić information content (AvgIpc) is 3.24. The Bertz CT molecular complexity index is 1560. The summed E-state index contributed by atoms with van der Waals surface area (Å²) in [7, 11) is 0. The van der Waals surface area contributed by atoms with E-state index in [0.29, 0.717) is 6.42 Å². The number of ketones is 1. The third-order valence-corrected chi connectivity index (χ3v) is 10.1. The molecule has 0 heterocycles. The molecule has 0 saturated heterocycles. The van der Waals surface area contributed by atoms with Gasteiger partial charge in [-0.3, -0.25) is 43.2 Å². The summed E-state index contributed by atoms with van der Waals surface area (Å²) in [5, 5.41) is 69.5. The zero-order chi connectivity index (χ0) is 49.2. The van der Waals surface area contributed by atoms with E-state index in [1.54, 1.807) is 0 Å². The quantitative estimate of drug-likeness (QED) is 0.0360. The Morgan fingerprint density at radius 1 is 0.369 bits per heavy atom. The van der Waals surface area contributed by atoms with Gasteiger partial charge in [0.1, 0.15) is 36.0 Å². The van der Waals surface area contributed by atoms with Crippen LogP contribution < -0.4 is 31.9 Å². The van der Waals surface area contributed by atoms with Gasteiger partial charge in [0.05, 0.1) is 19.8 Å². The third kappa shape index (κ3) is 30.9. The summed E-state index contributed by atoms with van der Waals surface area (Å²) in [6.45, 7) is -1.22. The summed E-state index contributed by atoms with van der Waals surface area (Å²) in [4.78, 5) is 132. The Morgan fingerprint density at radius 2 is 0.692 bits per heavy atom. The van der Waals surface area contributed by atoms with Crippen LogP contribution in [-0.4, -0.2) is 146 Å². The highest BCUT2D eigenvalue weighted by atomic mass is 16.4. The van der Waals surface area contributed by atoms with Crippen molar-refractivity contribution in [3.8, 4) is 0 Å². The fourth-order valence-electron chi connectivity index (χ4n) is 6.35. The lowest BCUT2D eigenvalue weighted by molar-refractivity contribution is -0.143. The van der Waals surface area contributed by atoms with Crippen LogP contribution in [0.3, 0.4) is 0 Å². The lowest BCUT2D eigenvalue weighted by Gasteiger charge is -2.24. The number of carboxylic acid groups (broad SMARTS) is 4. The number of carbonyl (C=O) groups is 11. The van der Waals surface area contributed by atoms with Crippen molar-refractivity contribution in [3.63, 3.8) is 0 Å². The third-order valence-electron chi connectivity index (χ3n) is 10.1. The van der Waals surface area contributed by atoms with Gasteiger partial charge in [-0.05, 0) is 39.0 Å². The van der Waals surface area contributed by atoms with Gasteiger partial charge in [-0.2, -0.15) is 0 Å². The molecular weight excluding hydrogens is 860 g/mol. The SMILES string of the molecule is CC(=O)CNC(=O)[C@H](CO)NC(=O)[C@H](CCC(=O)O)NC(=O)[C@H](CO)NC(=O)CC[C@H](NC(=O)CC[C@H](NC(=O)CCCCCCCCCCCCCCCCC(=O)O)C(=O)O)C(=O)O. The molecule has 0 aliphatic rings. The highest BCUT2D eigenvalue weighted by molar-refractivity contribution is 5.95. The first kappa shape index (κ1) is 59.3. The Balaban J connectivity index is 4.80. The number of nitrogens with one attached hydrogen (secondary N) is 6. The number of aliphatic carboxylic acids is 4. The van der Waals surface area contributed by atoms with E-state index in [2.05, 4.69) is 31.9 Å². The molecule has 0 aliphatic carbocycles. The Morgan fingerprint density at radius 3 is 1.08 bits per heavy atom. The minimum absolute atomic E-state index is 0.0873. The van der Waals surface area contributed by atoms with E-state index in [9.17, 15) is 73.2 Å². The number of amides is 6. The number of hydrogen-bond acceptors (Lipinski definition) is 13. The van der Waals surface area contributed by atoms with Crippen LogP contribution >= 0.6 is 0 Å². The van der Waals surface area contributed by atoms with Crippen LogP contribution in [0.5, 0.6) is 0 Å². The van der Waals surface area contributed by atoms with Crippen molar-refractivity contribution in [1.29, 1.82) is 0 Å². The van der Waals surface area contributed by atoms with Crippen LogP contribution in [-0.2, 0) is 52.7 Å². The predicted molar refractivity (Wildman–Crippen MR) is 230 cm³/mol. The van der Waals surface area contributed by atoms with E-state index in [0.717, 1.165) is 77.0 Å². The summed E-state index contributed by atoms with van der Waals surface area (Å²) >= 11 is 0. The molecule has 5 atom stereocenters. The molecule has 0 saturated carbocycles. The summed E-state index contributed by atoms with van der Waals surface area (Å²) in [5.74, 6) is -11.1. The summed E-state index contributed by atoms with van der Waals surface area (Å²) < 4.78 is 0. The van der Waals surface area contributed by atoms with Gasteiger partial charge in [-0.25, -0.2) is 9.59 Å². The van der Waals surface area contributed by atoms with Crippen LogP contribution in [0.1, 0.15) is 148 Å². The smallest absolute Gasteiger partial charge is 0.326 e. The first-order valence-corrected chi connectivity index (χ1v) is 22.2. The molecule has 0 spiro atoms. The molecule has 23 nitrogen and oxygen atoms in total. The molecule has 370 valence electrons. The van der Waals surface area contributed by atoms with Gasteiger partial charge in [-0.1, -0.05) is 77.0 Å². The molecule has 65 heavy (non-hydrogen) atoms. The van der Waals surface area contributed by atoms with Crippen LogP contribution in [0.15, 0.2) is 0 Å². The van der Waals surface area contributed by atoms with E-state index in [1.165, 1.54) is 13.3 Å². The minimum Gasteiger partial charge on any atom is -0.481 e. The van der Waals surface area contributed by atoms with Crippen LogP contribution in [0.25, 0.3) is 0 Å². The maximum absolute atomic E-state index is 12.9. The normalized spacial score (nSPS) is 13.2. The number of unbranched alkanes of at least 4 members (excludes halogenated alkanes) is 13. The summed E-state index contributed by atoms with van der Waals surface area (Å²) in [6.07, 6.45) is 11.1. The van der Waals surface area contributed by atoms with E-state index < -0.39 is 147 Å². The molecule has 0 radical (unpaired) electrons. The van der Waals surface area contributed by atoms with Gasteiger partial charge < -0.3 is 62.5 Å². The molecule has 6 amide bonds. The molecule has 0 aromatic carbocycles. The number of Topliss-reactive ketones (excluding diaryl/α,β-unsaturated/α-hetero) is 1. The van der Waals surface area contributed by atoms with E-state index in [1.807, 2.05) is 0 Å². The van der Waals surface area contributed by atoms with Crippen molar-refractivity contribution in [2.24, 2.45) is 0 Å². The van der Waals surface area contributed by atoms with Gasteiger partial charge in [0.15, 0.2) is 0 Å². The van der Waals surface area contributed by atoms with Crippen LogP contribution in [0, 0.1) is 0 Å². The standard InChI is InChI=1S/C42H70N6O17/c1-27(51)24-43-38(59)31(25-49)48-39(60)28(20-23-37(57)58)47-40(61)32(26-50)46-35(54)22-19-30(42(64)65)45-34(53)21-18-29(41(62)63)44-33(52)16-14-12-10-8-6-4-2-3-5-7-9-11-13-15-17-36(55)56/h28-32,49-50H,2-26H2,1H3,(H,43,59)(H,44,52)(H,45,53)(H,46,54)(H,47,61)(H,48,60)(H,55,56)(H,57,58)(H,62,63)(H,64,65)/t28-,29-,30-,31-,32-/m0/s1. The largest absolute Gasteiger partial charge is 0.481 e. The molecule has 0 aromatic heterocycles. The van der Waals surface area contributed by atoms with E-state index in [-0.39, 0.29) is 19.3 Å². The summed E-state index contributed by atoms with van der Waals surface area (Å²) in [5.41, 5.74) is 0. The minimum atomic E-state index is -1.74. The molecule has 0 aromatic rings. The first-order valence-electron chi connectivity index (χ1n) is 22.2. The van der Waals surface area contributed by atoms with Gasteiger partial charge in [0.25, 0.3) is 0 Å². The number of hydrogen-bond donors (Lipinski definition) is 12. The molecule has 0 rings (SSSR count). The lowest BCUT2D eigenvalue weighted by atomic mass is 10.0. The maximum Gasteiger partial charge on any atom is 0.326 e. The number of rotatable bonds is 40. The van der Waals surface area contributed by atoms with Gasteiger partial charge in [-0.15, -0.1) is 0 Å². The molecule has 0 fully saturated rings. The van der Waals surface area contributed by atoms with E-state index >= 15 is 0 Å². The molecule has 12 N–H and O–H groups in total. The summed E-state index contributed by atoms with van der Waals surface area (Å²) in [6, 6.07) is -8.07. The molecule has 0 aliphatic heterocycles. The average molecular weight is 931 g/mol. The van der Waals surface area contributed by atoms with E-state index in [4.69, 9.17) is 10.2 Å². The number of aliphatic hydroxyl groups is 2. The molecule has 23 heteroatoms. The monoisotopic (exact) mass is 930 g/mol. The van der Waals surface area contributed by atoms with Gasteiger partial charge in [0.2, 0.25) is 35.4 Å². The second kappa shape index (κ2) is 35.6. The fraction of sp³-hybridized carbons (Fsp3) is 0.738. The van der Waals surface area contributed by atoms with Gasteiger partial charge >= 0.3 is 23.9 Å². The van der Waals surface area contributed by atoms with Crippen LogP contribution in [0.2, 0.25) is 0 Å². The van der Waals surface area contributed by atoms with Crippen molar-refractivity contribution in [2.45, 2.75) is 178 Å². The highest BCUT2D eigenvalue weighted by Crippen LogP contribution is 2.14. The molecule has 0 unspecified atom stereocenters. The van der Waals surface area contributed by atoms with Crippen molar-refractivity contribution < 1.29 is 83.4 Å². The Labute approximate surface area is 378 Å². The number of aliphatic hydroxyl groups excluding tert-OH is 2. The van der Waals surface area contributed by atoms with Gasteiger partial charge in [0, 0.05) is 32.1 Å². The predicted octanol–water partition coefficient (Wildman–Crippen LogP) is 0.0208. The fourth-order valence-corrected chi connectivity index (χ4v) is 6.35. The van der Waals surface area contributed by atoms with Crippen molar-refractivity contribution in [2.75, 3.05) is 19.8 Å². The second-order valence-electron chi connectivity index (χ2n) is 15.8. The number of carbonyl (C=O) groups excluding carboxylic acids is 7. The highest BCUT2D eigenvalue weighted by Gasteiger charge is 2.31.